The van der Waals surface area contributed by atoms with Crippen LogP contribution in [-0.4, -0.2) is 70.0 Å². The topological polar surface area (TPSA) is 111 Å². The van der Waals surface area contributed by atoms with Crippen LogP contribution in [0.1, 0.15) is 271 Å². The van der Waals surface area contributed by atoms with Crippen molar-refractivity contribution in [1.82, 2.24) is 0 Å². The number of esters is 2. The van der Waals surface area contributed by atoms with E-state index in [9.17, 15) is 19.0 Å². The number of rotatable bonds is 54. The normalized spacial score (nSPS) is 13.6. The molecular formula is C60H112NO8P. The molecule has 0 amide bonds. The maximum atomic E-state index is 12.8. The third kappa shape index (κ3) is 55.3. The Morgan fingerprint density at radius 2 is 0.771 bits per heavy atom. The molecule has 2 atom stereocenters. The first-order chi connectivity index (χ1) is 34.0. The lowest BCUT2D eigenvalue weighted by atomic mass is 10.0. The fourth-order valence-corrected chi connectivity index (χ4v) is 8.98. The summed E-state index contributed by atoms with van der Waals surface area (Å²) in [7, 11) is 1.17. The average Bonchev–Trinajstić information content (AvgIpc) is 3.32. The molecule has 0 aliphatic carbocycles. The molecule has 0 aromatic rings. The molecule has 0 aliphatic rings. The molecule has 0 aromatic heterocycles. The van der Waals surface area contributed by atoms with Gasteiger partial charge in [0.2, 0.25) is 0 Å². The van der Waals surface area contributed by atoms with Crippen LogP contribution in [0.3, 0.4) is 0 Å². The number of hydrogen-bond donors (Lipinski definition) is 0. The summed E-state index contributed by atoms with van der Waals surface area (Å²) in [6.07, 6.45) is 64.3. The second-order valence-corrected chi connectivity index (χ2v) is 22.4. The summed E-state index contributed by atoms with van der Waals surface area (Å²) >= 11 is 0. The minimum absolute atomic E-state index is 0.0317. The molecule has 0 N–H and O–H groups in total. The van der Waals surface area contributed by atoms with Crippen molar-refractivity contribution < 1.29 is 42.1 Å². The van der Waals surface area contributed by atoms with Crippen LogP contribution < -0.4 is 4.89 Å². The van der Waals surface area contributed by atoms with E-state index < -0.39 is 26.5 Å². The number of likely N-dealkylation sites (N-methyl/N-ethyl adjacent to an activating group) is 1. The smallest absolute Gasteiger partial charge is 0.306 e. The first kappa shape index (κ1) is 68.0. The average molecular weight is 1010 g/mol. The first-order valence-corrected chi connectivity index (χ1v) is 30.8. The number of nitrogens with zero attached hydrogens (tertiary/aromatic N) is 1. The predicted octanol–water partition coefficient (Wildman–Crippen LogP) is 17.5. The van der Waals surface area contributed by atoms with Gasteiger partial charge in [-0.25, -0.2) is 0 Å². The van der Waals surface area contributed by atoms with Crippen LogP contribution in [0.2, 0.25) is 0 Å². The van der Waals surface area contributed by atoms with Crippen molar-refractivity contribution >= 4 is 19.8 Å². The molecule has 0 saturated carbocycles. The number of allylic oxidation sites excluding steroid dienone is 8. The van der Waals surface area contributed by atoms with Gasteiger partial charge >= 0.3 is 11.9 Å². The molecule has 10 heteroatoms. The van der Waals surface area contributed by atoms with Gasteiger partial charge in [0.05, 0.1) is 27.7 Å². The summed E-state index contributed by atoms with van der Waals surface area (Å²) in [4.78, 5) is 37.9. The molecule has 0 fully saturated rings. The first-order valence-electron chi connectivity index (χ1n) is 29.3. The lowest BCUT2D eigenvalue weighted by molar-refractivity contribution is -0.870. The van der Waals surface area contributed by atoms with E-state index in [0.29, 0.717) is 17.4 Å². The quantitative estimate of drug-likeness (QED) is 0.0195. The summed E-state index contributed by atoms with van der Waals surface area (Å²) < 4.78 is 34.2. The number of ether oxygens (including phenoxy) is 2. The zero-order valence-electron chi connectivity index (χ0n) is 46.5. The molecular weight excluding hydrogens is 894 g/mol. The van der Waals surface area contributed by atoms with Crippen LogP contribution in [0.5, 0.6) is 0 Å². The van der Waals surface area contributed by atoms with Crippen molar-refractivity contribution in [2.75, 3.05) is 47.5 Å². The highest BCUT2D eigenvalue weighted by Crippen LogP contribution is 2.38. The summed E-state index contributed by atoms with van der Waals surface area (Å²) in [6, 6.07) is 0. The van der Waals surface area contributed by atoms with Gasteiger partial charge in [-0.1, -0.05) is 229 Å². The standard InChI is InChI=1S/C60H112NO8P/c1-6-8-10-12-14-16-18-20-22-24-26-28-30-32-34-36-38-40-42-44-46-48-50-52-59(62)66-56-58(57-68-70(64,65)67-55-54-61(3,4)5)69-60(63)53-51-49-47-45-43-41-39-37-35-33-31-29-27-25-23-21-19-17-15-13-11-9-7-2/h18-21,24-27,58H,6-17,22-23,28-57H2,1-5H3/b20-18-,21-19-,26-24-,27-25-. The maximum Gasteiger partial charge on any atom is 0.306 e. The number of phosphoric ester groups is 1. The van der Waals surface area contributed by atoms with Crippen LogP contribution in [0.15, 0.2) is 48.6 Å². The Hall–Kier alpha value is -2.03. The fourth-order valence-electron chi connectivity index (χ4n) is 8.25. The van der Waals surface area contributed by atoms with E-state index in [1.165, 1.54) is 186 Å². The number of unbranched alkanes of at least 4 members (excludes halogenated alkanes) is 32. The molecule has 0 heterocycles. The lowest BCUT2D eigenvalue weighted by Crippen LogP contribution is -2.37. The fraction of sp³-hybridized carbons (Fsp3) is 0.833. The summed E-state index contributed by atoms with van der Waals surface area (Å²) in [5, 5.41) is 0. The number of carbonyl (C=O) groups is 2. The van der Waals surface area contributed by atoms with Crippen molar-refractivity contribution in [3.8, 4) is 0 Å². The minimum atomic E-state index is -4.64. The Labute approximate surface area is 433 Å². The van der Waals surface area contributed by atoms with Crippen LogP contribution in [0.4, 0.5) is 0 Å². The Bertz CT molecular complexity index is 1320. The monoisotopic (exact) mass is 1010 g/mol. The molecule has 9 nitrogen and oxygen atoms in total. The number of carbonyl (C=O) groups excluding carboxylic acids is 2. The van der Waals surface area contributed by atoms with E-state index in [0.717, 1.165) is 51.4 Å². The molecule has 0 saturated heterocycles. The zero-order valence-corrected chi connectivity index (χ0v) is 47.4. The molecule has 410 valence electrons. The molecule has 0 bridgehead atoms. The largest absolute Gasteiger partial charge is 0.756 e. The number of hydrogen-bond acceptors (Lipinski definition) is 8. The van der Waals surface area contributed by atoms with E-state index in [-0.39, 0.29) is 32.0 Å². The van der Waals surface area contributed by atoms with Gasteiger partial charge in [0.1, 0.15) is 19.8 Å². The molecule has 70 heavy (non-hydrogen) atoms. The second-order valence-electron chi connectivity index (χ2n) is 21.0. The Morgan fingerprint density at radius 3 is 1.13 bits per heavy atom. The van der Waals surface area contributed by atoms with Gasteiger partial charge in [-0.3, -0.25) is 14.2 Å². The molecule has 0 rings (SSSR count). The maximum absolute atomic E-state index is 12.8. The van der Waals surface area contributed by atoms with Crippen LogP contribution in [0, 0.1) is 0 Å². The van der Waals surface area contributed by atoms with Gasteiger partial charge in [0, 0.05) is 12.8 Å². The molecule has 0 aliphatic heterocycles. The van der Waals surface area contributed by atoms with Gasteiger partial charge in [-0.15, -0.1) is 0 Å². The molecule has 0 radical (unpaired) electrons. The number of phosphoric acid groups is 1. The zero-order chi connectivity index (χ0) is 51.3. The van der Waals surface area contributed by atoms with Gasteiger partial charge in [0.15, 0.2) is 6.10 Å². The van der Waals surface area contributed by atoms with E-state index in [1.807, 2.05) is 21.1 Å². The molecule has 0 aromatic carbocycles. The Kier molecular flexibility index (Phi) is 50.4. The third-order valence-corrected chi connectivity index (χ3v) is 13.8. The Morgan fingerprint density at radius 1 is 0.443 bits per heavy atom. The van der Waals surface area contributed by atoms with E-state index >= 15 is 0 Å². The minimum Gasteiger partial charge on any atom is -0.756 e. The van der Waals surface area contributed by atoms with E-state index in [2.05, 4.69) is 62.5 Å². The van der Waals surface area contributed by atoms with Crippen LogP contribution >= 0.6 is 7.82 Å². The molecule has 0 spiro atoms. The predicted molar refractivity (Wildman–Crippen MR) is 296 cm³/mol. The van der Waals surface area contributed by atoms with Crippen LogP contribution in [-0.2, 0) is 32.7 Å². The van der Waals surface area contributed by atoms with Crippen molar-refractivity contribution in [3.05, 3.63) is 48.6 Å². The third-order valence-electron chi connectivity index (χ3n) is 12.8. The highest BCUT2D eigenvalue weighted by atomic mass is 31.2. The number of quaternary nitrogens is 1. The van der Waals surface area contributed by atoms with E-state index in [4.69, 9.17) is 18.5 Å². The summed E-state index contributed by atoms with van der Waals surface area (Å²) in [6.45, 7) is 4.24. The van der Waals surface area contributed by atoms with Crippen molar-refractivity contribution in [2.45, 2.75) is 277 Å². The van der Waals surface area contributed by atoms with Gasteiger partial charge in [-0.05, 0) is 77.0 Å². The summed E-state index contributed by atoms with van der Waals surface area (Å²) in [5.74, 6) is -0.830. The summed E-state index contributed by atoms with van der Waals surface area (Å²) in [5.41, 5.74) is 0. The van der Waals surface area contributed by atoms with Gasteiger partial charge in [0.25, 0.3) is 7.82 Å². The second kappa shape index (κ2) is 51.9. The van der Waals surface area contributed by atoms with Crippen molar-refractivity contribution in [1.29, 1.82) is 0 Å². The lowest BCUT2D eigenvalue weighted by Gasteiger charge is -2.28. The van der Waals surface area contributed by atoms with Crippen molar-refractivity contribution in [3.63, 3.8) is 0 Å². The molecule has 2 unspecified atom stereocenters. The van der Waals surface area contributed by atoms with E-state index in [1.54, 1.807) is 0 Å². The van der Waals surface area contributed by atoms with Gasteiger partial charge < -0.3 is 27.9 Å². The highest BCUT2D eigenvalue weighted by Gasteiger charge is 2.22. The van der Waals surface area contributed by atoms with Crippen LogP contribution in [0.25, 0.3) is 0 Å². The Balaban J connectivity index is 4.16. The highest BCUT2D eigenvalue weighted by molar-refractivity contribution is 7.45. The van der Waals surface area contributed by atoms with Gasteiger partial charge in [-0.2, -0.15) is 0 Å². The SMILES string of the molecule is CCCCCCC/C=C\C/C=C\CCCCCCCCCCCCCC(=O)OCC(COP(=O)([O-])OCC[N+](C)(C)C)OC(=O)CCCCCCCCCCCCC/C=C\C/C=C\CCCCCCC. The van der Waals surface area contributed by atoms with Crippen molar-refractivity contribution in [2.24, 2.45) is 0 Å².